The Morgan fingerprint density at radius 1 is 0.722 bits per heavy atom. The minimum absolute atomic E-state index is 0.254. The Bertz CT molecular complexity index is 2670. The molecule has 0 fully saturated rings. The molecule has 0 amide bonds. The topological polar surface area (TPSA) is 44.9 Å². The van der Waals surface area contributed by atoms with Crippen LogP contribution in [0.1, 0.15) is 56.2 Å². The van der Waals surface area contributed by atoms with Crippen LogP contribution in [-0.4, -0.2) is 19.3 Å². The van der Waals surface area contributed by atoms with E-state index >= 15 is 0 Å². The Morgan fingerprint density at radius 3 is 2.22 bits per heavy atom. The van der Waals surface area contributed by atoms with Gasteiger partial charge in [0.2, 0.25) is 0 Å². The van der Waals surface area contributed by atoms with Crippen molar-refractivity contribution in [3.63, 3.8) is 0 Å². The molecule has 1 unspecified atom stereocenters. The van der Waals surface area contributed by atoms with Crippen molar-refractivity contribution in [1.82, 2.24) is 19.3 Å². The van der Waals surface area contributed by atoms with E-state index in [4.69, 9.17) is 14.8 Å². The smallest absolute Gasteiger partial charge is 0.137 e. The SMILES string of the molecule is CCc1cc(Oc2ccc3c4ccccc4n(-c4cc(C)ccn4)c3c2)cc(-n2nc(-c3ccccc3)c(C3C(C)=CCC[C@@H]3C)c2-c2ccccc2)c1. The summed E-state index contributed by atoms with van der Waals surface area (Å²) in [5.41, 5.74) is 12.7. The molecule has 0 saturated heterocycles. The van der Waals surface area contributed by atoms with Gasteiger partial charge in [0.25, 0.3) is 0 Å². The standard InChI is InChI=1S/C49H44N4O/c1-5-35-28-38(30-40(29-35)54-39-23-24-42-41-21-12-13-22-43(41)52(44(42)31-39)45-27-32(2)25-26-50-45)53-49(37-19-10-7-11-20-37)47(46-33(3)15-14-16-34(46)4)48(51-53)36-17-8-6-9-18-36/h6-13,15,17-31,34,46H,5,14,16H2,1-4H3/t34-,46?/m0/s1. The molecule has 9 rings (SSSR count). The van der Waals surface area contributed by atoms with Gasteiger partial charge in [0, 0.05) is 51.7 Å². The number of ether oxygens (including phenoxy) is 1. The number of allylic oxidation sites excluding steroid dienone is 2. The average Bonchev–Trinajstić information content (AvgIpc) is 3.75. The molecule has 2 atom stereocenters. The maximum atomic E-state index is 6.84. The molecule has 54 heavy (non-hydrogen) atoms. The van der Waals surface area contributed by atoms with Crippen molar-refractivity contribution in [3.8, 4) is 45.5 Å². The van der Waals surface area contributed by atoms with Crippen molar-refractivity contribution in [2.75, 3.05) is 0 Å². The molecule has 0 bridgehead atoms. The van der Waals surface area contributed by atoms with E-state index in [1.165, 1.54) is 27.6 Å². The number of hydrogen-bond donors (Lipinski definition) is 0. The van der Waals surface area contributed by atoms with Gasteiger partial charge in [-0.2, -0.15) is 5.10 Å². The summed E-state index contributed by atoms with van der Waals surface area (Å²) in [5, 5.41) is 7.89. The van der Waals surface area contributed by atoms with Crippen molar-refractivity contribution in [1.29, 1.82) is 0 Å². The molecule has 0 N–H and O–H groups in total. The number of benzene rings is 5. The highest BCUT2D eigenvalue weighted by Crippen LogP contribution is 2.47. The van der Waals surface area contributed by atoms with E-state index in [9.17, 15) is 0 Å². The first-order valence-corrected chi connectivity index (χ1v) is 19.2. The molecular weight excluding hydrogens is 661 g/mol. The fourth-order valence-electron chi connectivity index (χ4n) is 8.49. The minimum Gasteiger partial charge on any atom is -0.457 e. The fourth-order valence-corrected chi connectivity index (χ4v) is 8.49. The molecule has 1 aliphatic rings. The van der Waals surface area contributed by atoms with E-state index in [1.807, 2.05) is 12.3 Å². The van der Waals surface area contributed by atoms with Gasteiger partial charge in [0.15, 0.2) is 0 Å². The largest absolute Gasteiger partial charge is 0.457 e. The van der Waals surface area contributed by atoms with Crippen molar-refractivity contribution in [2.24, 2.45) is 5.92 Å². The first kappa shape index (κ1) is 33.6. The molecule has 8 aromatic rings. The maximum absolute atomic E-state index is 6.84. The van der Waals surface area contributed by atoms with E-state index in [-0.39, 0.29) is 5.92 Å². The number of rotatable bonds is 8. The monoisotopic (exact) mass is 704 g/mol. The van der Waals surface area contributed by atoms with Crippen LogP contribution in [0.2, 0.25) is 0 Å². The number of aryl methyl sites for hydroxylation is 2. The Labute approximate surface area is 317 Å². The van der Waals surface area contributed by atoms with Crippen LogP contribution in [0.25, 0.3) is 55.8 Å². The summed E-state index contributed by atoms with van der Waals surface area (Å²) < 4.78 is 11.3. The zero-order chi connectivity index (χ0) is 36.8. The first-order valence-electron chi connectivity index (χ1n) is 19.2. The molecule has 5 aromatic carbocycles. The zero-order valence-electron chi connectivity index (χ0n) is 31.3. The number of fused-ring (bicyclic) bond motifs is 3. The van der Waals surface area contributed by atoms with Gasteiger partial charge >= 0.3 is 0 Å². The second-order valence-corrected chi connectivity index (χ2v) is 14.7. The van der Waals surface area contributed by atoms with Crippen LogP contribution in [0.4, 0.5) is 0 Å². The molecule has 5 heteroatoms. The van der Waals surface area contributed by atoms with Gasteiger partial charge in [0.1, 0.15) is 17.3 Å². The molecule has 5 nitrogen and oxygen atoms in total. The first-order chi connectivity index (χ1) is 26.5. The summed E-state index contributed by atoms with van der Waals surface area (Å²) in [7, 11) is 0. The highest BCUT2D eigenvalue weighted by molar-refractivity contribution is 6.09. The lowest BCUT2D eigenvalue weighted by atomic mass is 9.74. The Kier molecular flexibility index (Phi) is 8.70. The van der Waals surface area contributed by atoms with Crippen molar-refractivity contribution < 1.29 is 4.74 Å². The van der Waals surface area contributed by atoms with Crippen molar-refractivity contribution in [3.05, 3.63) is 168 Å². The molecule has 0 saturated carbocycles. The summed E-state index contributed by atoms with van der Waals surface area (Å²) in [6.45, 7) is 9.00. The number of para-hydroxylation sites is 1. The number of nitrogens with zero attached hydrogens (tertiary/aromatic N) is 4. The van der Waals surface area contributed by atoms with Crippen LogP contribution in [0.5, 0.6) is 11.5 Å². The van der Waals surface area contributed by atoms with Gasteiger partial charge in [-0.3, -0.25) is 4.57 Å². The molecule has 1 aliphatic carbocycles. The molecule has 0 spiro atoms. The van der Waals surface area contributed by atoms with Gasteiger partial charge in [-0.25, -0.2) is 9.67 Å². The summed E-state index contributed by atoms with van der Waals surface area (Å²) in [6, 6.07) is 47.1. The number of pyridine rings is 1. The summed E-state index contributed by atoms with van der Waals surface area (Å²) in [4.78, 5) is 4.78. The molecule has 266 valence electrons. The average molecular weight is 705 g/mol. The number of aromatic nitrogens is 4. The highest BCUT2D eigenvalue weighted by atomic mass is 16.5. The van der Waals surface area contributed by atoms with Crippen LogP contribution >= 0.6 is 0 Å². The van der Waals surface area contributed by atoms with Crippen molar-refractivity contribution in [2.45, 2.75) is 52.9 Å². The number of hydrogen-bond acceptors (Lipinski definition) is 3. The predicted molar refractivity (Wildman–Crippen MR) is 222 cm³/mol. The van der Waals surface area contributed by atoms with E-state index in [0.29, 0.717) is 5.92 Å². The Hall–Kier alpha value is -6.20. The van der Waals surface area contributed by atoms with Gasteiger partial charge < -0.3 is 4.74 Å². The lowest BCUT2D eigenvalue weighted by Crippen LogP contribution is -2.16. The molecule has 0 radical (unpaired) electrons. The van der Waals surface area contributed by atoms with Crippen LogP contribution < -0.4 is 4.74 Å². The second kappa shape index (κ2) is 14.0. The Morgan fingerprint density at radius 2 is 1.46 bits per heavy atom. The second-order valence-electron chi connectivity index (χ2n) is 14.7. The normalized spacial score (nSPS) is 15.8. The van der Waals surface area contributed by atoms with E-state index in [2.05, 4.69) is 170 Å². The van der Waals surface area contributed by atoms with Crippen LogP contribution in [-0.2, 0) is 6.42 Å². The van der Waals surface area contributed by atoms with E-state index < -0.39 is 0 Å². The zero-order valence-corrected chi connectivity index (χ0v) is 31.3. The summed E-state index contributed by atoms with van der Waals surface area (Å²) in [5.74, 6) is 3.18. The predicted octanol–water partition coefficient (Wildman–Crippen LogP) is 12.8. The third-order valence-corrected chi connectivity index (χ3v) is 11.1. The lowest BCUT2D eigenvalue weighted by Gasteiger charge is -2.30. The van der Waals surface area contributed by atoms with Crippen LogP contribution in [0, 0.1) is 12.8 Å². The van der Waals surface area contributed by atoms with Crippen LogP contribution in [0.15, 0.2) is 151 Å². The maximum Gasteiger partial charge on any atom is 0.137 e. The molecule has 0 aliphatic heterocycles. The third-order valence-electron chi connectivity index (χ3n) is 11.1. The molecular formula is C49H44N4O. The van der Waals surface area contributed by atoms with Crippen molar-refractivity contribution >= 4 is 21.8 Å². The Balaban J connectivity index is 1.22. The van der Waals surface area contributed by atoms with Gasteiger partial charge in [-0.05, 0) is 92.6 Å². The summed E-state index contributed by atoms with van der Waals surface area (Å²) >= 11 is 0. The fraction of sp³-hybridized carbons (Fsp3) is 0.184. The van der Waals surface area contributed by atoms with Gasteiger partial charge in [0.05, 0.1) is 28.1 Å². The third kappa shape index (κ3) is 6.00. The van der Waals surface area contributed by atoms with E-state index in [1.54, 1.807) is 0 Å². The highest BCUT2D eigenvalue weighted by Gasteiger charge is 2.33. The van der Waals surface area contributed by atoms with Crippen LogP contribution in [0.3, 0.4) is 0 Å². The van der Waals surface area contributed by atoms with E-state index in [0.717, 1.165) is 81.2 Å². The minimum atomic E-state index is 0.254. The lowest BCUT2D eigenvalue weighted by molar-refractivity contribution is 0.451. The van der Waals surface area contributed by atoms with Gasteiger partial charge in [-0.15, -0.1) is 0 Å². The molecule has 3 heterocycles. The van der Waals surface area contributed by atoms with Gasteiger partial charge in [-0.1, -0.05) is 104 Å². The molecule has 3 aromatic heterocycles. The summed E-state index contributed by atoms with van der Waals surface area (Å²) in [6.07, 6.45) is 7.44. The quantitative estimate of drug-likeness (QED) is 0.148.